The van der Waals surface area contributed by atoms with Gasteiger partial charge in [-0.3, -0.25) is 0 Å². The first-order valence-electron chi connectivity index (χ1n) is 5.74. The monoisotopic (exact) mass is 342 g/mol. The Kier molecular flexibility index (Phi) is 4.79. The maximum atomic E-state index is 8.94. The van der Waals surface area contributed by atoms with Crippen molar-refractivity contribution in [3.05, 3.63) is 44.5 Å². The van der Waals surface area contributed by atoms with Gasteiger partial charge in [-0.05, 0) is 25.1 Å². The molecule has 0 bridgehead atoms. The van der Waals surface area contributed by atoms with Crippen LogP contribution in [-0.4, -0.2) is 12.1 Å². The largest absolute Gasteiger partial charge is 0.480 e. The summed E-state index contributed by atoms with van der Waals surface area (Å²) in [4.78, 5) is 4.10. The van der Waals surface area contributed by atoms with Crippen LogP contribution in [0, 0.1) is 18.3 Å². The summed E-state index contributed by atoms with van der Waals surface area (Å²) in [5.74, 6) is 0.750. The molecule has 0 N–H and O–H groups in total. The van der Waals surface area contributed by atoms with E-state index in [4.69, 9.17) is 49.5 Å². The molecule has 1 heterocycles. The van der Waals surface area contributed by atoms with Gasteiger partial charge in [0.25, 0.3) is 0 Å². The molecule has 2 aromatic rings. The van der Waals surface area contributed by atoms with Crippen LogP contribution in [0.15, 0.2) is 18.2 Å². The van der Waals surface area contributed by atoms with E-state index in [0.717, 1.165) is 0 Å². The van der Waals surface area contributed by atoms with E-state index in [1.165, 1.54) is 19.2 Å². The summed E-state index contributed by atoms with van der Waals surface area (Å²) >= 11 is 18.3. The lowest BCUT2D eigenvalue weighted by atomic mass is 10.2. The first-order chi connectivity index (χ1) is 9.96. The van der Waals surface area contributed by atoms with Crippen molar-refractivity contribution in [1.82, 2.24) is 4.98 Å². The molecule has 0 radical (unpaired) electrons. The molecule has 0 saturated heterocycles. The Labute approximate surface area is 136 Å². The highest BCUT2D eigenvalue weighted by molar-refractivity contribution is 6.38. The van der Waals surface area contributed by atoms with Gasteiger partial charge in [0.05, 0.1) is 24.4 Å². The summed E-state index contributed by atoms with van der Waals surface area (Å²) in [7, 11) is 1.44. The predicted octanol–water partition coefficient (Wildman–Crippen LogP) is 5.02. The van der Waals surface area contributed by atoms with Gasteiger partial charge in [0, 0.05) is 5.02 Å². The van der Waals surface area contributed by atoms with Gasteiger partial charge in [0.2, 0.25) is 5.88 Å². The molecule has 108 valence electrons. The molecule has 0 fully saturated rings. The number of hydrogen-bond acceptors (Lipinski definition) is 4. The first-order valence-corrected chi connectivity index (χ1v) is 6.87. The fraction of sp³-hybridized carbons (Fsp3) is 0.143. The van der Waals surface area contributed by atoms with Gasteiger partial charge in [0.15, 0.2) is 5.75 Å². The summed E-state index contributed by atoms with van der Waals surface area (Å²) < 4.78 is 10.7. The second kappa shape index (κ2) is 6.40. The number of nitriles is 1. The molecular formula is C14H9Cl3N2O2. The van der Waals surface area contributed by atoms with Crippen LogP contribution in [0.25, 0.3) is 0 Å². The van der Waals surface area contributed by atoms with Crippen molar-refractivity contribution >= 4 is 34.8 Å². The third-order valence-electron chi connectivity index (χ3n) is 2.59. The summed E-state index contributed by atoms with van der Waals surface area (Å²) in [6.45, 7) is 1.70. The van der Waals surface area contributed by atoms with Crippen molar-refractivity contribution in [3.63, 3.8) is 0 Å². The van der Waals surface area contributed by atoms with E-state index in [9.17, 15) is 0 Å². The van der Waals surface area contributed by atoms with E-state index in [1.54, 1.807) is 13.0 Å². The second-order valence-electron chi connectivity index (χ2n) is 4.05. The van der Waals surface area contributed by atoms with E-state index in [1.807, 2.05) is 6.07 Å². The van der Waals surface area contributed by atoms with Crippen LogP contribution in [0.3, 0.4) is 0 Å². The van der Waals surface area contributed by atoms with Crippen molar-refractivity contribution in [2.24, 2.45) is 0 Å². The van der Waals surface area contributed by atoms with Crippen LogP contribution in [0.1, 0.15) is 11.3 Å². The summed E-state index contributed by atoms with van der Waals surface area (Å²) in [5.41, 5.74) is 0.873. The molecule has 1 aromatic heterocycles. The van der Waals surface area contributed by atoms with E-state index in [2.05, 4.69) is 4.98 Å². The highest BCUT2D eigenvalue weighted by Gasteiger charge is 2.18. The number of halogens is 3. The van der Waals surface area contributed by atoms with Crippen molar-refractivity contribution in [3.8, 4) is 23.4 Å². The Morgan fingerprint density at radius 3 is 2.48 bits per heavy atom. The highest BCUT2D eigenvalue weighted by atomic mass is 35.5. The molecule has 7 heteroatoms. The van der Waals surface area contributed by atoms with Crippen LogP contribution < -0.4 is 9.47 Å². The van der Waals surface area contributed by atoms with Gasteiger partial charge in [-0.2, -0.15) is 5.26 Å². The smallest absolute Gasteiger partial charge is 0.236 e. The molecule has 0 aliphatic heterocycles. The maximum Gasteiger partial charge on any atom is 0.236 e. The van der Waals surface area contributed by atoms with E-state index in [-0.39, 0.29) is 21.7 Å². The number of nitrogens with zero attached hydrogens (tertiary/aromatic N) is 2. The Balaban J connectivity index is 2.52. The lowest BCUT2D eigenvalue weighted by Gasteiger charge is -2.13. The average Bonchev–Trinajstić information content (AvgIpc) is 2.46. The molecule has 0 saturated carbocycles. The van der Waals surface area contributed by atoms with Crippen LogP contribution in [0.2, 0.25) is 15.1 Å². The molecule has 2 rings (SSSR count). The van der Waals surface area contributed by atoms with Crippen LogP contribution in [0.5, 0.6) is 17.4 Å². The number of hydrogen-bond donors (Lipinski definition) is 0. The number of aryl methyl sites for hydroxylation is 1. The predicted molar refractivity (Wildman–Crippen MR) is 81.8 cm³/mol. The molecule has 0 unspecified atom stereocenters. The number of benzene rings is 1. The number of rotatable bonds is 3. The second-order valence-corrected chi connectivity index (χ2v) is 5.25. The van der Waals surface area contributed by atoms with E-state index < -0.39 is 0 Å². The molecule has 0 aliphatic rings. The topological polar surface area (TPSA) is 55.1 Å². The number of methoxy groups -OCH3 is 1. The number of pyridine rings is 1. The van der Waals surface area contributed by atoms with Crippen molar-refractivity contribution in [2.75, 3.05) is 7.11 Å². The van der Waals surface area contributed by atoms with Crippen LogP contribution >= 0.6 is 34.8 Å². The Bertz CT molecular complexity index is 742. The minimum atomic E-state index is 0.145. The van der Waals surface area contributed by atoms with Crippen LogP contribution in [-0.2, 0) is 0 Å². The first kappa shape index (κ1) is 15.7. The molecule has 0 aliphatic carbocycles. The maximum absolute atomic E-state index is 8.94. The van der Waals surface area contributed by atoms with Gasteiger partial charge in [-0.1, -0.05) is 34.8 Å². The number of aromatic nitrogens is 1. The lowest BCUT2D eigenvalue weighted by molar-refractivity contribution is 0.391. The van der Waals surface area contributed by atoms with Gasteiger partial charge in [0.1, 0.15) is 15.8 Å². The van der Waals surface area contributed by atoms with Crippen molar-refractivity contribution in [2.45, 2.75) is 6.92 Å². The zero-order valence-electron chi connectivity index (χ0n) is 11.1. The Morgan fingerprint density at radius 1 is 1.14 bits per heavy atom. The SMILES string of the molecule is COc1nc(C)c(Cl)c(Oc2cc(Cl)cc(C#N)c2)c1Cl. The standard InChI is InChI=1S/C14H9Cl3N2O2/c1-7-11(16)13(12(17)14(19-7)20-2)21-10-4-8(6-18)3-9(15)5-10/h3-5H,1-2H3. The number of ether oxygens (including phenoxy) is 2. The lowest BCUT2D eigenvalue weighted by Crippen LogP contribution is -1.97. The third-order valence-corrected chi connectivity index (χ3v) is 3.58. The summed E-state index contributed by atoms with van der Waals surface area (Å²) in [5, 5.41) is 9.72. The molecule has 0 atom stereocenters. The fourth-order valence-corrected chi connectivity index (χ4v) is 2.34. The average molecular weight is 344 g/mol. The van der Waals surface area contributed by atoms with Gasteiger partial charge >= 0.3 is 0 Å². The van der Waals surface area contributed by atoms with Gasteiger partial charge in [-0.25, -0.2) is 4.98 Å². The molecule has 0 spiro atoms. The van der Waals surface area contributed by atoms with E-state index in [0.29, 0.717) is 22.0 Å². The van der Waals surface area contributed by atoms with E-state index >= 15 is 0 Å². The van der Waals surface area contributed by atoms with Crippen molar-refractivity contribution < 1.29 is 9.47 Å². The minimum absolute atomic E-state index is 0.145. The quantitative estimate of drug-likeness (QED) is 0.785. The van der Waals surface area contributed by atoms with Crippen molar-refractivity contribution in [1.29, 1.82) is 5.26 Å². The molecule has 1 aromatic carbocycles. The van der Waals surface area contributed by atoms with Crippen LogP contribution in [0.4, 0.5) is 0 Å². The molecule has 0 amide bonds. The molecular weight excluding hydrogens is 335 g/mol. The van der Waals surface area contributed by atoms with Gasteiger partial charge in [-0.15, -0.1) is 0 Å². The fourth-order valence-electron chi connectivity index (χ4n) is 1.64. The summed E-state index contributed by atoms with van der Waals surface area (Å²) in [6.07, 6.45) is 0. The minimum Gasteiger partial charge on any atom is -0.480 e. The molecule has 21 heavy (non-hydrogen) atoms. The Morgan fingerprint density at radius 2 is 1.86 bits per heavy atom. The zero-order chi connectivity index (χ0) is 15.6. The third kappa shape index (κ3) is 3.33. The zero-order valence-corrected chi connectivity index (χ0v) is 13.3. The molecule has 4 nitrogen and oxygen atoms in total. The highest BCUT2D eigenvalue weighted by Crippen LogP contribution is 2.42. The Hall–Kier alpha value is -1.67. The normalized spacial score (nSPS) is 10.1. The van der Waals surface area contributed by atoms with Gasteiger partial charge < -0.3 is 9.47 Å². The summed E-state index contributed by atoms with van der Waals surface area (Å²) in [6, 6.07) is 6.59.